The maximum absolute atomic E-state index is 8.28. The van der Waals surface area contributed by atoms with Crippen molar-refractivity contribution in [2.45, 2.75) is 124 Å². The van der Waals surface area contributed by atoms with Gasteiger partial charge in [-0.3, -0.25) is 0 Å². The van der Waals surface area contributed by atoms with E-state index in [0.29, 0.717) is 16.7 Å². The third-order valence-electron chi connectivity index (χ3n) is 11.6. The van der Waals surface area contributed by atoms with Crippen LogP contribution in [-0.4, -0.2) is 31.9 Å². The summed E-state index contributed by atoms with van der Waals surface area (Å²) in [7, 11) is 1.50. The molecular weight excluding hydrogens is 428 g/mol. The van der Waals surface area contributed by atoms with Crippen molar-refractivity contribution >= 4 is 5.71 Å². The van der Waals surface area contributed by atoms with Crippen molar-refractivity contribution in [2.24, 2.45) is 57.8 Å². The lowest BCUT2D eigenvalue weighted by Crippen LogP contribution is -2.53. The summed E-state index contributed by atoms with van der Waals surface area (Å²) < 4.78 is 0. The molecule has 5 aliphatic rings. The van der Waals surface area contributed by atoms with Gasteiger partial charge in [0.1, 0.15) is 0 Å². The van der Waals surface area contributed by atoms with Gasteiger partial charge < -0.3 is 22.2 Å². The molecule has 5 fully saturated rings. The minimum absolute atomic E-state index is 0.457. The van der Waals surface area contributed by atoms with Gasteiger partial charge in [-0.1, -0.05) is 33.6 Å². The van der Waals surface area contributed by atoms with E-state index in [4.69, 9.17) is 11.1 Å². The van der Waals surface area contributed by atoms with E-state index in [9.17, 15) is 0 Å². The second-order valence-corrected chi connectivity index (χ2v) is 13.5. The van der Waals surface area contributed by atoms with Gasteiger partial charge in [-0.2, -0.15) is 0 Å². The first kappa shape index (κ1) is 29.1. The third-order valence-corrected chi connectivity index (χ3v) is 11.6. The van der Waals surface area contributed by atoms with Crippen LogP contribution in [0.25, 0.3) is 0 Å². The van der Waals surface area contributed by atoms with Crippen LogP contribution < -0.4 is 16.8 Å². The molecule has 0 spiro atoms. The van der Waals surface area contributed by atoms with Crippen LogP contribution in [0.5, 0.6) is 0 Å². The minimum Gasteiger partial charge on any atom is -0.333 e. The quantitative estimate of drug-likeness (QED) is 0.329. The summed E-state index contributed by atoms with van der Waals surface area (Å²) in [6.07, 6.45) is 19.6. The number of nitrogens with one attached hydrogen (secondary N) is 2. The Morgan fingerprint density at radius 3 is 2.29 bits per heavy atom. The lowest BCUT2D eigenvalue weighted by molar-refractivity contribution is -0.113. The Morgan fingerprint density at radius 1 is 0.914 bits per heavy atom. The fraction of sp³-hybridized carbons (Fsp3) is 0.968. The highest BCUT2D eigenvalue weighted by molar-refractivity contribution is 5.82. The average molecular weight is 489 g/mol. The summed E-state index contributed by atoms with van der Waals surface area (Å²) in [5.74, 6) is 5.46. The second kappa shape index (κ2) is 12.9. The van der Waals surface area contributed by atoms with Crippen LogP contribution in [0, 0.1) is 51.7 Å². The van der Waals surface area contributed by atoms with Gasteiger partial charge in [0.25, 0.3) is 0 Å². The predicted octanol–water partition coefficient (Wildman–Crippen LogP) is 6.76. The molecule has 1 heterocycles. The van der Waals surface area contributed by atoms with Gasteiger partial charge in [0.05, 0.1) is 0 Å². The Balaban J connectivity index is 0.000000240. The van der Waals surface area contributed by atoms with Crippen LogP contribution in [0.1, 0.15) is 118 Å². The van der Waals surface area contributed by atoms with Crippen LogP contribution in [0.15, 0.2) is 0 Å². The van der Waals surface area contributed by atoms with Gasteiger partial charge >= 0.3 is 0 Å². The van der Waals surface area contributed by atoms with Gasteiger partial charge in [0, 0.05) is 17.7 Å². The maximum Gasteiger partial charge on any atom is 0.00946 e. The third kappa shape index (κ3) is 6.17. The van der Waals surface area contributed by atoms with E-state index in [2.05, 4.69) is 38.7 Å². The van der Waals surface area contributed by atoms with Crippen molar-refractivity contribution in [3.05, 3.63) is 0 Å². The summed E-state index contributed by atoms with van der Waals surface area (Å²) in [6, 6.07) is 0.775. The van der Waals surface area contributed by atoms with Crippen LogP contribution in [0.2, 0.25) is 0 Å². The SMILES string of the molecule is CC(=N)C1CCC2C3CCC4CC(C)CCC4(C)C3CCC12C.CN.NCCCC1CCCCN1. The number of rotatable bonds is 4. The Bertz CT molecular complexity index is 658. The zero-order chi connectivity index (χ0) is 25.6. The summed E-state index contributed by atoms with van der Waals surface area (Å²) in [5.41, 5.74) is 12.0. The molecule has 5 rings (SSSR count). The lowest BCUT2D eigenvalue weighted by atomic mass is 9.44. The molecule has 4 heteroatoms. The molecule has 0 aromatic heterocycles. The number of nitrogens with two attached hydrogens (primary N) is 2. The average Bonchev–Trinajstić information content (AvgIpc) is 3.23. The Labute approximate surface area is 218 Å². The highest BCUT2D eigenvalue weighted by atomic mass is 14.9. The highest BCUT2D eigenvalue weighted by Gasteiger charge is 2.60. The first-order chi connectivity index (χ1) is 16.8. The van der Waals surface area contributed by atoms with Crippen molar-refractivity contribution in [3.8, 4) is 0 Å². The maximum atomic E-state index is 8.28. The second-order valence-electron chi connectivity index (χ2n) is 13.5. The van der Waals surface area contributed by atoms with Gasteiger partial charge in [0.2, 0.25) is 0 Å². The number of piperidine rings is 1. The molecule has 0 aromatic carbocycles. The normalized spacial score (nSPS) is 44.4. The Kier molecular flexibility index (Phi) is 10.7. The zero-order valence-corrected chi connectivity index (χ0v) is 24.0. The van der Waals surface area contributed by atoms with Crippen LogP contribution in [0.4, 0.5) is 0 Å². The molecule has 9 atom stereocenters. The van der Waals surface area contributed by atoms with Gasteiger partial charge in [-0.25, -0.2) is 0 Å². The van der Waals surface area contributed by atoms with Crippen molar-refractivity contribution in [2.75, 3.05) is 20.1 Å². The van der Waals surface area contributed by atoms with Crippen molar-refractivity contribution in [1.29, 1.82) is 5.41 Å². The number of hydrogen-bond acceptors (Lipinski definition) is 4. The van der Waals surface area contributed by atoms with Crippen molar-refractivity contribution < 1.29 is 0 Å². The molecule has 1 saturated heterocycles. The summed E-state index contributed by atoms with van der Waals surface area (Å²) >= 11 is 0. The molecule has 0 amide bonds. The molecule has 0 radical (unpaired) electrons. The zero-order valence-electron chi connectivity index (χ0n) is 24.0. The first-order valence-corrected chi connectivity index (χ1v) is 15.4. The topological polar surface area (TPSA) is 87.9 Å². The van der Waals surface area contributed by atoms with Crippen molar-refractivity contribution in [1.82, 2.24) is 5.32 Å². The minimum atomic E-state index is 0.457. The Morgan fingerprint density at radius 2 is 1.63 bits per heavy atom. The van der Waals surface area contributed by atoms with E-state index in [-0.39, 0.29) is 0 Å². The molecule has 9 unspecified atom stereocenters. The molecule has 4 aliphatic carbocycles. The van der Waals surface area contributed by atoms with Crippen LogP contribution in [0.3, 0.4) is 0 Å². The molecule has 0 bridgehead atoms. The summed E-state index contributed by atoms with van der Waals surface area (Å²) in [5, 5.41) is 11.8. The summed E-state index contributed by atoms with van der Waals surface area (Å²) in [6.45, 7) is 11.9. The summed E-state index contributed by atoms with van der Waals surface area (Å²) in [4.78, 5) is 0. The molecule has 0 aromatic rings. The standard InChI is InChI=1S/C22H37N.C8H18N2.CH5N/c1-14-9-11-21(3)16(13-14)5-6-17-19-8-7-18(15(2)23)22(19,4)12-10-20(17)21;9-6-3-5-8-4-1-2-7-10-8;1-2/h14,16-20,23H,5-13H2,1-4H3;8,10H,1-7,9H2;2H2,1H3. The number of hydrogen-bond donors (Lipinski definition) is 4. The molecule has 1 aliphatic heterocycles. The largest absolute Gasteiger partial charge is 0.333 e. The first-order valence-electron chi connectivity index (χ1n) is 15.4. The Hall–Kier alpha value is -0.450. The van der Waals surface area contributed by atoms with E-state index in [1.807, 2.05) is 0 Å². The fourth-order valence-corrected chi connectivity index (χ4v) is 9.72. The monoisotopic (exact) mass is 488 g/mol. The lowest BCUT2D eigenvalue weighted by Gasteiger charge is -2.61. The fourth-order valence-electron chi connectivity index (χ4n) is 9.72. The highest BCUT2D eigenvalue weighted by Crippen LogP contribution is 2.67. The van der Waals surface area contributed by atoms with Gasteiger partial charge in [-0.05, 0) is 145 Å². The van der Waals surface area contributed by atoms with E-state index in [1.165, 1.54) is 103 Å². The van der Waals surface area contributed by atoms with Crippen LogP contribution in [-0.2, 0) is 0 Å². The molecule has 6 N–H and O–H groups in total. The van der Waals surface area contributed by atoms with E-state index in [1.54, 1.807) is 0 Å². The molecule has 35 heavy (non-hydrogen) atoms. The predicted molar refractivity (Wildman–Crippen MR) is 152 cm³/mol. The van der Waals surface area contributed by atoms with E-state index < -0.39 is 0 Å². The molecule has 4 saturated carbocycles. The van der Waals surface area contributed by atoms with Gasteiger partial charge in [0.15, 0.2) is 0 Å². The molecular formula is C31H60N4. The smallest absolute Gasteiger partial charge is 0.00946 e. The molecule has 4 nitrogen and oxygen atoms in total. The van der Waals surface area contributed by atoms with E-state index >= 15 is 0 Å². The molecule has 204 valence electrons. The van der Waals surface area contributed by atoms with Crippen molar-refractivity contribution in [3.63, 3.8) is 0 Å². The van der Waals surface area contributed by atoms with E-state index in [0.717, 1.165) is 47.9 Å². The van der Waals surface area contributed by atoms with Crippen LogP contribution >= 0.6 is 0 Å². The number of fused-ring (bicyclic) bond motifs is 5. The van der Waals surface area contributed by atoms with Gasteiger partial charge in [-0.15, -0.1) is 0 Å².